The van der Waals surface area contributed by atoms with Gasteiger partial charge in [-0.15, -0.1) is 0 Å². The topological polar surface area (TPSA) is 26.0 Å². The summed E-state index contributed by atoms with van der Waals surface area (Å²) in [6.45, 7) is 9.70. The molecule has 24 heavy (non-hydrogen) atoms. The van der Waals surface area contributed by atoms with E-state index in [1.54, 1.807) is 0 Å². The maximum absolute atomic E-state index is 6.52. The van der Waals surface area contributed by atoms with Gasteiger partial charge >= 0.3 is 0 Å². The number of rotatable bonds is 4. The molecule has 118 valence electrons. The van der Waals surface area contributed by atoms with Crippen molar-refractivity contribution in [3.63, 3.8) is 0 Å². The first-order chi connectivity index (χ1) is 11.6. The summed E-state index contributed by atoms with van der Waals surface area (Å²) in [7, 11) is 0. The highest BCUT2D eigenvalue weighted by Gasteiger charge is 2.10. The average Bonchev–Trinajstić information content (AvgIpc) is 2.63. The van der Waals surface area contributed by atoms with Gasteiger partial charge in [-0.2, -0.15) is 0 Å². The van der Waals surface area contributed by atoms with Gasteiger partial charge in [0.15, 0.2) is 0 Å². The lowest BCUT2D eigenvalue weighted by Gasteiger charge is -2.14. The van der Waals surface area contributed by atoms with Gasteiger partial charge in [-0.05, 0) is 46.9 Å². The van der Waals surface area contributed by atoms with Crippen LogP contribution >= 0.6 is 0 Å². The number of benzene rings is 3. The van der Waals surface area contributed by atoms with E-state index < -0.39 is 0 Å². The Hall–Kier alpha value is -3.06. The molecule has 0 saturated carbocycles. The molecule has 0 amide bonds. The van der Waals surface area contributed by atoms with E-state index in [4.69, 9.17) is 5.73 Å². The van der Waals surface area contributed by atoms with Crippen LogP contribution in [-0.2, 0) is 0 Å². The van der Waals surface area contributed by atoms with Gasteiger partial charge in [0.1, 0.15) is 0 Å². The number of anilines is 1. The van der Waals surface area contributed by atoms with E-state index in [9.17, 15) is 0 Å². The second-order valence-corrected chi connectivity index (χ2v) is 5.93. The Morgan fingerprint density at radius 2 is 1.08 bits per heavy atom. The lowest BCUT2D eigenvalue weighted by Crippen LogP contribution is -1.96. The zero-order valence-corrected chi connectivity index (χ0v) is 13.9. The zero-order chi connectivity index (χ0) is 17.1. The molecule has 0 fully saturated rings. The molecule has 1 heteroatoms. The van der Waals surface area contributed by atoms with Gasteiger partial charge in [-0.25, -0.2) is 0 Å². The second-order valence-electron chi connectivity index (χ2n) is 5.93. The second kappa shape index (κ2) is 6.59. The fourth-order valence-electron chi connectivity index (χ4n) is 2.87. The predicted octanol–water partition coefficient (Wildman–Crippen LogP) is 6.20. The van der Waals surface area contributed by atoms with E-state index in [0.717, 1.165) is 39.1 Å². The van der Waals surface area contributed by atoms with E-state index in [2.05, 4.69) is 80.7 Å². The van der Waals surface area contributed by atoms with Crippen molar-refractivity contribution in [3.05, 3.63) is 90.5 Å². The summed E-state index contributed by atoms with van der Waals surface area (Å²) in [5.41, 5.74) is 15.1. The van der Waals surface area contributed by atoms with Gasteiger partial charge in [0, 0.05) is 16.8 Å². The Bertz CT molecular complexity index is 812. The molecule has 0 radical (unpaired) electrons. The molecule has 0 aromatic heterocycles. The average molecular weight is 311 g/mol. The minimum Gasteiger partial charge on any atom is -0.398 e. The maximum Gasteiger partial charge on any atom is 0.0473 e. The van der Waals surface area contributed by atoms with Crippen molar-refractivity contribution in [2.45, 2.75) is 6.92 Å². The molecule has 3 rings (SSSR count). The molecule has 1 nitrogen and oxygen atoms in total. The molecule has 3 aromatic rings. The van der Waals surface area contributed by atoms with Crippen LogP contribution in [0.1, 0.15) is 16.7 Å². The van der Waals surface area contributed by atoms with Crippen molar-refractivity contribution in [1.29, 1.82) is 0 Å². The van der Waals surface area contributed by atoms with Crippen molar-refractivity contribution in [1.82, 2.24) is 0 Å². The fraction of sp³-hybridized carbons (Fsp3) is 0.0435. The van der Waals surface area contributed by atoms with Crippen molar-refractivity contribution >= 4 is 17.8 Å². The van der Waals surface area contributed by atoms with Crippen LogP contribution in [0.15, 0.2) is 73.8 Å². The summed E-state index contributed by atoms with van der Waals surface area (Å²) in [6.07, 6.45) is 3.69. The van der Waals surface area contributed by atoms with Crippen LogP contribution in [0.3, 0.4) is 0 Å². The summed E-state index contributed by atoms with van der Waals surface area (Å²) >= 11 is 0. The third-order valence-electron chi connectivity index (χ3n) is 4.24. The molecule has 2 N–H and O–H groups in total. The first-order valence-corrected chi connectivity index (χ1v) is 7.98. The zero-order valence-electron chi connectivity index (χ0n) is 13.9. The molecule has 0 heterocycles. The highest BCUT2D eigenvalue weighted by atomic mass is 14.6. The number of nitrogen functional groups attached to an aromatic ring is 1. The largest absolute Gasteiger partial charge is 0.398 e. The fourth-order valence-corrected chi connectivity index (χ4v) is 2.87. The van der Waals surface area contributed by atoms with E-state index in [1.165, 1.54) is 5.56 Å². The van der Waals surface area contributed by atoms with Crippen molar-refractivity contribution < 1.29 is 0 Å². The summed E-state index contributed by atoms with van der Waals surface area (Å²) < 4.78 is 0. The maximum atomic E-state index is 6.52. The van der Waals surface area contributed by atoms with E-state index >= 15 is 0 Å². The number of hydrogen-bond donors (Lipinski definition) is 1. The number of nitrogens with two attached hydrogens (primary N) is 1. The Kier molecular flexibility index (Phi) is 4.35. The van der Waals surface area contributed by atoms with E-state index in [1.807, 2.05) is 12.2 Å². The number of hydrogen-bond acceptors (Lipinski definition) is 1. The third-order valence-corrected chi connectivity index (χ3v) is 4.24. The lowest BCUT2D eigenvalue weighted by molar-refractivity contribution is 1.46. The highest BCUT2D eigenvalue weighted by molar-refractivity contribution is 5.90. The summed E-state index contributed by atoms with van der Waals surface area (Å²) in [5, 5.41) is 0. The first-order valence-electron chi connectivity index (χ1n) is 7.98. The Balaban J connectivity index is 2.12. The molecular weight excluding hydrogens is 290 g/mol. The first kappa shape index (κ1) is 15.8. The molecule has 0 aliphatic carbocycles. The molecular formula is C23H21N. The van der Waals surface area contributed by atoms with Crippen LogP contribution in [0.2, 0.25) is 0 Å². The van der Waals surface area contributed by atoms with E-state index in [0.29, 0.717) is 0 Å². The van der Waals surface area contributed by atoms with Crippen molar-refractivity contribution in [2.75, 3.05) is 5.73 Å². The molecule has 0 unspecified atom stereocenters. The van der Waals surface area contributed by atoms with Gasteiger partial charge in [-0.1, -0.05) is 73.8 Å². The normalized spacial score (nSPS) is 10.4. The summed E-state index contributed by atoms with van der Waals surface area (Å²) in [5.74, 6) is 0. The number of aryl methyl sites for hydroxylation is 1. The molecule has 0 spiro atoms. The smallest absolute Gasteiger partial charge is 0.0473 e. The minimum atomic E-state index is 0.804. The molecule has 3 aromatic carbocycles. The highest BCUT2D eigenvalue weighted by Crippen LogP contribution is 2.36. The predicted molar refractivity (Wildman–Crippen MR) is 107 cm³/mol. The van der Waals surface area contributed by atoms with Crippen LogP contribution in [0.5, 0.6) is 0 Å². The van der Waals surface area contributed by atoms with E-state index in [-0.39, 0.29) is 0 Å². The molecule has 0 saturated heterocycles. The Morgan fingerprint density at radius 1 is 0.708 bits per heavy atom. The standard InChI is InChI=1S/C23H21N/c1-4-17-6-10-19(11-7-17)21-14-16(3)15-22(23(21)24)20-12-8-18(5-2)9-13-20/h4-15H,1-2,24H2,3H3. The Labute approximate surface area is 143 Å². The molecule has 0 aliphatic rings. The summed E-state index contributed by atoms with van der Waals surface area (Å²) in [4.78, 5) is 0. The van der Waals surface area contributed by atoms with Crippen LogP contribution in [0, 0.1) is 6.92 Å². The molecule has 0 aliphatic heterocycles. The van der Waals surface area contributed by atoms with Crippen LogP contribution < -0.4 is 5.73 Å². The third kappa shape index (κ3) is 3.02. The monoisotopic (exact) mass is 311 g/mol. The SMILES string of the molecule is C=Cc1ccc(-c2cc(C)cc(-c3ccc(C=C)cc3)c2N)cc1. The van der Waals surface area contributed by atoms with Gasteiger partial charge < -0.3 is 5.73 Å². The van der Waals surface area contributed by atoms with Crippen LogP contribution in [-0.4, -0.2) is 0 Å². The van der Waals surface area contributed by atoms with Crippen LogP contribution in [0.4, 0.5) is 5.69 Å². The van der Waals surface area contributed by atoms with Gasteiger partial charge in [0.25, 0.3) is 0 Å². The molecule has 0 bridgehead atoms. The van der Waals surface area contributed by atoms with Crippen molar-refractivity contribution in [3.8, 4) is 22.3 Å². The van der Waals surface area contributed by atoms with Gasteiger partial charge in [0.2, 0.25) is 0 Å². The summed E-state index contributed by atoms with van der Waals surface area (Å²) in [6, 6.07) is 20.9. The van der Waals surface area contributed by atoms with Crippen molar-refractivity contribution in [2.24, 2.45) is 0 Å². The van der Waals surface area contributed by atoms with Gasteiger partial charge in [-0.3, -0.25) is 0 Å². The van der Waals surface area contributed by atoms with Crippen LogP contribution in [0.25, 0.3) is 34.4 Å². The quantitative estimate of drug-likeness (QED) is 0.570. The van der Waals surface area contributed by atoms with Gasteiger partial charge in [0.05, 0.1) is 0 Å². The Morgan fingerprint density at radius 3 is 1.42 bits per heavy atom. The lowest BCUT2D eigenvalue weighted by atomic mass is 9.93. The minimum absolute atomic E-state index is 0.804. The molecule has 0 atom stereocenters.